The van der Waals surface area contributed by atoms with Gasteiger partial charge in [-0.05, 0) is 79.4 Å². The van der Waals surface area contributed by atoms with Crippen molar-refractivity contribution in [3.8, 4) is 16.2 Å². The predicted octanol–water partition coefficient (Wildman–Crippen LogP) is 7.53. The van der Waals surface area contributed by atoms with Crippen molar-refractivity contribution in [3.63, 3.8) is 0 Å². The van der Waals surface area contributed by atoms with E-state index in [1.807, 2.05) is 67.3 Å². The van der Waals surface area contributed by atoms with Crippen LogP contribution in [0.15, 0.2) is 71.7 Å². The first-order valence-electron chi connectivity index (χ1n) is 23.9. The second-order valence-corrected chi connectivity index (χ2v) is 20.9. The number of hydrogen-bond acceptors (Lipinski definition) is 11. The van der Waals surface area contributed by atoms with Crippen molar-refractivity contribution < 1.29 is 51.6 Å². The number of alkyl halides is 1. The van der Waals surface area contributed by atoms with Crippen molar-refractivity contribution in [1.29, 1.82) is 0 Å². The molecule has 0 unspecified atom stereocenters. The molecule has 5 atom stereocenters. The number of β-amino-alcohol motifs (C(OH)–C–C–N with tert-alkyl or cyclic N) is 1. The highest BCUT2D eigenvalue weighted by Crippen LogP contribution is 2.50. The molecule has 1 aromatic heterocycles. The second-order valence-electron chi connectivity index (χ2n) is 20.1. The lowest BCUT2D eigenvalue weighted by Gasteiger charge is -2.44. The summed E-state index contributed by atoms with van der Waals surface area (Å²) in [6, 6.07) is 15.3. The average Bonchev–Trinajstić information content (AvgIpc) is 4.02. The molecule has 2 aliphatic heterocycles. The molecule has 70 heavy (non-hydrogen) atoms. The van der Waals surface area contributed by atoms with Crippen LogP contribution in [0.4, 0.5) is 13.2 Å². The van der Waals surface area contributed by atoms with Crippen molar-refractivity contribution in [1.82, 2.24) is 25.4 Å². The summed E-state index contributed by atoms with van der Waals surface area (Å²) in [5.74, 6) is -2.90. The van der Waals surface area contributed by atoms with E-state index >= 15 is 13.2 Å². The number of halogens is 3. The standard InChI is InChI=1S/C53H66F3N5O8S/c1-32-22-40-39-11-9-8-10-36(39)23-41(40)47(61(32)30-53(6,7)56)46-42(54)25-38(26-43(46)55)69-21-20-67-17-16-66-18-19-68-29-45(63)59-49(52(3,4)5)51(65)60-28-37(62)24-44(60)50(64)57-27-34-12-14-35(15-13-34)48-33(2)58-31-70-48/h8-15,25-26,31-32,37,44,47,49,62H,16-24,27-30H2,1-7H3,(H,57,64)(H,59,63)/t32-,37-,44+,47+,49-/m1/s1. The summed E-state index contributed by atoms with van der Waals surface area (Å²) in [5, 5.41) is 16.2. The summed E-state index contributed by atoms with van der Waals surface area (Å²) in [6.45, 7) is 13.0. The largest absolute Gasteiger partial charge is 0.491 e. The number of amides is 3. The lowest BCUT2D eigenvalue weighted by atomic mass is 9.84. The fourth-order valence-corrected chi connectivity index (χ4v) is 10.4. The van der Waals surface area contributed by atoms with Crippen molar-refractivity contribution >= 4 is 34.6 Å². The van der Waals surface area contributed by atoms with Crippen LogP contribution in [0.5, 0.6) is 5.75 Å². The van der Waals surface area contributed by atoms with Gasteiger partial charge in [0.05, 0.1) is 61.3 Å². The molecule has 7 rings (SSSR count). The van der Waals surface area contributed by atoms with Crippen LogP contribution in [0.25, 0.3) is 16.0 Å². The molecule has 13 nitrogen and oxygen atoms in total. The number of fused-ring (bicyclic) bond motifs is 2. The number of rotatable bonds is 21. The van der Waals surface area contributed by atoms with E-state index in [-0.39, 0.29) is 89.7 Å². The lowest BCUT2D eigenvalue weighted by molar-refractivity contribution is -0.144. The van der Waals surface area contributed by atoms with Crippen LogP contribution in [-0.4, -0.2) is 127 Å². The van der Waals surface area contributed by atoms with Crippen molar-refractivity contribution in [3.05, 3.63) is 111 Å². The first kappa shape index (κ1) is 52.6. The van der Waals surface area contributed by atoms with Crippen LogP contribution in [0, 0.1) is 24.0 Å². The minimum atomic E-state index is -1.58. The predicted molar refractivity (Wildman–Crippen MR) is 262 cm³/mol. The molecule has 3 amide bonds. The van der Waals surface area contributed by atoms with Crippen LogP contribution in [0.3, 0.4) is 0 Å². The molecular weight excluding hydrogens is 924 g/mol. The van der Waals surface area contributed by atoms with Gasteiger partial charge >= 0.3 is 0 Å². The van der Waals surface area contributed by atoms with E-state index < -0.39 is 64.7 Å². The number of benzene rings is 3. The van der Waals surface area contributed by atoms with Crippen LogP contribution in [-0.2, 0) is 41.6 Å². The van der Waals surface area contributed by atoms with Gasteiger partial charge in [0.15, 0.2) is 0 Å². The monoisotopic (exact) mass is 989 g/mol. The smallest absolute Gasteiger partial charge is 0.246 e. The molecule has 0 saturated carbocycles. The number of carbonyl (C=O) groups excluding carboxylic acids is 3. The van der Waals surface area contributed by atoms with Crippen LogP contribution < -0.4 is 15.4 Å². The Balaban J connectivity index is 0.804. The number of aromatic nitrogens is 1. The molecule has 4 aromatic rings. The van der Waals surface area contributed by atoms with Gasteiger partial charge in [-0.1, -0.05) is 69.3 Å². The number of aliphatic hydroxyl groups excluding tert-OH is 1. The number of likely N-dealkylation sites (tertiary alicyclic amines) is 1. The number of aryl methyl sites for hydroxylation is 1. The van der Waals surface area contributed by atoms with E-state index in [0.717, 1.165) is 44.0 Å². The number of aliphatic hydroxyl groups is 1. The van der Waals surface area contributed by atoms with E-state index in [1.54, 1.807) is 37.6 Å². The summed E-state index contributed by atoms with van der Waals surface area (Å²) < 4.78 is 69.5. The average molecular weight is 990 g/mol. The lowest BCUT2D eigenvalue weighted by Crippen LogP contribution is -2.58. The Morgan fingerprint density at radius 2 is 1.59 bits per heavy atom. The minimum Gasteiger partial charge on any atom is -0.491 e. The summed E-state index contributed by atoms with van der Waals surface area (Å²) >= 11 is 1.56. The van der Waals surface area contributed by atoms with Gasteiger partial charge in [0.25, 0.3) is 0 Å². The zero-order valence-electron chi connectivity index (χ0n) is 41.1. The number of carbonyl (C=O) groups is 3. The summed E-state index contributed by atoms with van der Waals surface area (Å²) in [5.41, 5.74) is 6.40. The van der Waals surface area contributed by atoms with Crippen molar-refractivity contribution in [2.75, 3.05) is 59.3 Å². The fraction of sp³-hybridized carbons (Fsp3) is 0.509. The molecule has 0 spiro atoms. The maximum Gasteiger partial charge on any atom is 0.246 e. The molecule has 378 valence electrons. The molecule has 3 heterocycles. The zero-order valence-corrected chi connectivity index (χ0v) is 41.9. The van der Waals surface area contributed by atoms with E-state index in [0.29, 0.717) is 12.8 Å². The van der Waals surface area contributed by atoms with Gasteiger partial charge in [0.1, 0.15) is 48.4 Å². The Kier molecular flexibility index (Phi) is 17.2. The molecule has 1 saturated heterocycles. The van der Waals surface area contributed by atoms with E-state index in [2.05, 4.69) is 15.6 Å². The Labute approximate surface area is 412 Å². The third-order valence-corrected chi connectivity index (χ3v) is 13.9. The highest BCUT2D eigenvalue weighted by molar-refractivity contribution is 7.13. The van der Waals surface area contributed by atoms with Crippen LogP contribution >= 0.6 is 11.3 Å². The summed E-state index contributed by atoms with van der Waals surface area (Å²) in [4.78, 5) is 49.0. The third-order valence-electron chi connectivity index (χ3n) is 12.9. The summed E-state index contributed by atoms with van der Waals surface area (Å²) in [6.07, 6.45) is 0.382. The molecule has 3 aliphatic rings. The fourth-order valence-electron chi connectivity index (χ4n) is 9.56. The molecule has 0 radical (unpaired) electrons. The maximum absolute atomic E-state index is 16.0. The molecule has 1 fully saturated rings. The third kappa shape index (κ3) is 13.0. The van der Waals surface area contributed by atoms with Gasteiger partial charge < -0.3 is 39.6 Å². The van der Waals surface area contributed by atoms with Crippen molar-refractivity contribution in [2.24, 2.45) is 5.41 Å². The highest BCUT2D eigenvalue weighted by atomic mass is 32.1. The molecular formula is C53H66F3N5O8S. The highest BCUT2D eigenvalue weighted by Gasteiger charge is 2.45. The number of hydrogen-bond donors (Lipinski definition) is 3. The Hall–Kier alpha value is -5.17. The SMILES string of the molecule is Cc1ncsc1-c1ccc(CNC(=O)[C@@H]2C[C@@H](O)CN2C(=O)[C@@H](NC(=O)COCCOCCOCCOc2cc(F)c([C@@H]3C4=C(C[C@@H](C)N3CC(C)(C)F)c3ccccc3C4)c(F)c2)C(C)(C)C)cc1. The molecule has 17 heteroatoms. The van der Waals surface area contributed by atoms with E-state index in [4.69, 9.17) is 18.9 Å². The maximum atomic E-state index is 16.0. The summed E-state index contributed by atoms with van der Waals surface area (Å²) in [7, 11) is 0. The van der Waals surface area contributed by atoms with Gasteiger partial charge in [-0.15, -0.1) is 11.3 Å². The van der Waals surface area contributed by atoms with Gasteiger partial charge in [0, 0.05) is 49.8 Å². The number of nitrogens with one attached hydrogen (secondary N) is 2. The van der Waals surface area contributed by atoms with E-state index in [1.165, 1.54) is 30.9 Å². The minimum absolute atomic E-state index is 0.0148. The molecule has 3 N–H and O–H groups in total. The first-order valence-corrected chi connectivity index (χ1v) is 24.8. The van der Waals surface area contributed by atoms with Gasteiger partial charge in [-0.3, -0.25) is 19.3 Å². The van der Waals surface area contributed by atoms with Crippen LogP contribution in [0.2, 0.25) is 0 Å². The second kappa shape index (κ2) is 22.9. The molecule has 3 aromatic carbocycles. The Morgan fingerprint density at radius 3 is 2.23 bits per heavy atom. The number of thiazole rings is 1. The van der Waals surface area contributed by atoms with Gasteiger partial charge in [0.2, 0.25) is 17.7 Å². The van der Waals surface area contributed by atoms with Gasteiger partial charge in [-0.25, -0.2) is 18.2 Å². The quantitative estimate of drug-likeness (QED) is 0.0716. The topological polar surface area (TPSA) is 152 Å². The zero-order chi connectivity index (χ0) is 50.3. The van der Waals surface area contributed by atoms with Crippen LogP contribution in [0.1, 0.15) is 88.4 Å². The van der Waals surface area contributed by atoms with Gasteiger partial charge in [-0.2, -0.15) is 0 Å². The molecule has 1 aliphatic carbocycles. The van der Waals surface area contributed by atoms with E-state index in [9.17, 15) is 19.5 Å². The number of nitrogens with zero attached hydrogens (tertiary/aromatic N) is 3. The molecule has 0 bridgehead atoms. The number of ether oxygens (including phenoxy) is 4. The Bertz CT molecular complexity index is 2480. The Morgan fingerprint density at radius 1 is 0.929 bits per heavy atom. The van der Waals surface area contributed by atoms with Crippen molar-refractivity contribution in [2.45, 2.75) is 110 Å². The normalized spacial score (nSPS) is 19.8. The first-order chi connectivity index (χ1) is 33.3.